The minimum absolute atomic E-state index is 0.110. The maximum absolute atomic E-state index is 12.7. The van der Waals surface area contributed by atoms with Crippen LogP contribution in [-0.2, 0) is 9.53 Å². The third-order valence-electron chi connectivity index (χ3n) is 5.18. The summed E-state index contributed by atoms with van der Waals surface area (Å²) in [7, 11) is 1.85. The summed E-state index contributed by atoms with van der Waals surface area (Å²) in [5.74, 6) is 1.44. The molecule has 0 bridgehead atoms. The largest absolute Gasteiger partial charge is 0.458 e. The number of ether oxygens (including phenoxy) is 1. The Bertz CT molecular complexity index is 351. The molecule has 124 valence electrons. The maximum Gasteiger partial charge on any atom is 0.326 e. The molecule has 0 radical (unpaired) electrons. The van der Waals surface area contributed by atoms with Crippen LogP contribution >= 0.6 is 0 Å². The minimum atomic E-state index is -0.594. The van der Waals surface area contributed by atoms with E-state index in [1.54, 1.807) is 0 Å². The maximum atomic E-state index is 12.7. The third-order valence-corrected chi connectivity index (χ3v) is 5.18. The summed E-state index contributed by atoms with van der Waals surface area (Å²) in [5, 5.41) is 3.17. The zero-order valence-corrected chi connectivity index (χ0v) is 15.1. The van der Waals surface area contributed by atoms with Gasteiger partial charge in [-0.05, 0) is 52.5 Å². The fraction of sp³-hybridized carbons (Fsp3) is 0.944. The summed E-state index contributed by atoms with van der Waals surface area (Å²) >= 11 is 0. The van der Waals surface area contributed by atoms with E-state index in [1.807, 2.05) is 14.0 Å². The molecule has 1 rings (SSSR count). The van der Waals surface area contributed by atoms with Gasteiger partial charge >= 0.3 is 5.97 Å². The highest BCUT2D eigenvalue weighted by molar-refractivity contribution is 5.80. The molecule has 1 fully saturated rings. The van der Waals surface area contributed by atoms with E-state index >= 15 is 0 Å². The van der Waals surface area contributed by atoms with Gasteiger partial charge in [0.05, 0.1) is 0 Å². The Kier molecular flexibility index (Phi) is 6.27. The van der Waals surface area contributed by atoms with Crippen molar-refractivity contribution in [2.45, 2.75) is 84.8 Å². The van der Waals surface area contributed by atoms with Crippen LogP contribution in [0.5, 0.6) is 0 Å². The summed E-state index contributed by atoms with van der Waals surface area (Å²) in [5.41, 5.74) is -0.977. The second-order valence-corrected chi connectivity index (χ2v) is 8.04. The van der Waals surface area contributed by atoms with E-state index < -0.39 is 5.54 Å². The van der Waals surface area contributed by atoms with Crippen molar-refractivity contribution in [2.75, 3.05) is 7.05 Å². The van der Waals surface area contributed by atoms with Crippen molar-refractivity contribution < 1.29 is 9.53 Å². The molecule has 0 amide bonds. The highest BCUT2D eigenvalue weighted by atomic mass is 16.6. The van der Waals surface area contributed by atoms with Crippen molar-refractivity contribution in [3.05, 3.63) is 0 Å². The molecule has 0 saturated heterocycles. The van der Waals surface area contributed by atoms with E-state index in [9.17, 15) is 4.79 Å². The third kappa shape index (κ3) is 4.70. The molecule has 0 aliphatic heterocycles. The molecular weight excluding hydrogens is 262 g/mol. The van der Waals surface area contributed by atoms with Crippen LogP contribution in [-0.4, -0.2) is 24.2 Å². The normalized spacial score (nSPS) is 26.5. The molecule has 0 spiro atoms. The van der Waals surface area contributed by atoms with Crippen LogP contribution in [0.1, 0.15) is 73.6 Å². The average Bonchev–Trinajstić information content (AvgIpc) is 2.37. The smallest absolute Gasteiger partial charge is 0.326 e. The number of esters is 1. The Hall–Kier alpha value is -0.570. The summed E-state index contributed by atoms with van der Waals surface area (Å²) in [6, 6.07) is 0. The second-order valence-electron chi connectivity index (χ2n) is 8.04. The lowest BCUT2D eigenvalue weighted by molar-refractivity contribution is -0.173. The highest BCUT2D eigenvalue weighted by Gasteiger charge is 2.42. The van der Waals surface area contributed by atoms with Crippen LogP contribution in [0.15, 0.2) is 0 Å². The highest BCUT2D eigenvalue weighted by Crippen LogP contribution is 2.39. The molecule has 1 aliphatic rings. The summed E-state index contributed by atoms with van der Waals surface area (Å²) < 4.78 is 6.00. The molecule has 3 heteroatoms. The molecule has 21 heavy (non-hydrogen) atoms. The van der Waals surface area contributed by atoms with Gasteiger partial charge in [0.2, 0.25) is 0 Å². The Morgan fingerprint density at radius 3 is 2.29 bits per heavy atom. The molecule has 3 nitrogen and oxygen atoms in total. The first-order valence-corrected chi connectivity index (χ1v) is 8.54. The number of hydrogen-bond acceptors (Lipinski definition) is 3. The molecule has 0 heterocycles. The number of carbonyl (C=O) groups excluding carboxylic acids is 1. The van der Waals surface area contributed by atoms with Gasteiger partial charge in [-0.1, -0.05) is 40.0 Å². The van der Waals surface area contributed by atoms with E-state index in [0.717, 1.165) is 6.42 Å². The van der Waals surface area contributed by atoms with Gasteiger partial charge in [0, 0.05) is 5.92 Å². The lowest BCUT2D eigenvalue weighted by Gasteiger charge is -2.42. The van der Waals surface area contributed by atoms with Gasteiger partial charge in [-0.3, -0.25) is 4.79 Å². The number of nitrogens with one attached hydrogen (secondary N) is 1. The number of likely N-dealkylation sites (N-methyl/N-ethyl adjacent to an activating group) is 1. The van der Waals surface area contributed by atoms with Crippen molar-refractivity contribution in [1.82, 2.24) is 5.32 Å². The quantitative estimate of drug-likeness (QED) is 0.748. The predicted molar refractivity (Wildman–Crippen MR) is 88.2 cm³/mol. The topological polar surface area (TPSA) is 38.3 Å². The van der Waals surface area contributed by atoms with Crippen LogP contribution in [0.2, 0.25) is 0 Å². The van der Waals surface area contributed by atoms with Gasteiger partial charge in [0.25, 0.3) is 0 Å². The average molecular weight is 297 g/mol. The lowest BCUT2D eigenvalue weighted by Crippen LogP contribution is -2.53. The van der Waals surface area contributed by atoms with E-state index in [-0.39, 0.29) is 11.6 Å². The van der Waals surface area contributed by atoms with Gasteiger partial charge in [-0.15, -0.1) is 0 Å². The zero-order valence-electron chi connectivity index (χ0n) is 15.1. The standard InChI is InChI=1S/C18H35NO2/c1-13(2)12-18(6,19-7)16(20)21-17(4,5)15-11-9-8-10-14(15)3/h13-15,19H,8-12H2,1-7H3. The minimum Gasteiger partial charge on any atom is -0.458 e. The summed E-state index contributed by atoms with van der Waals surface area (Å²) in [6.45, 7) is 12.7. The van der Waals surface area contributed by atoms with E-state index in [2.05, 4.69) is 39.9 Å². The van der Waals surface area contributed by atoms with Crippen molar-refractivity contribution in [1.29, 1.82) is 0 Å². The van der Waals surface area contributed by atoms with Crippen LogP contribution in [0.3, 0.4) is 0 Å². The van der Waals surface area contributed by atoms with Gasteiger partial charge in [0.15, 0.2) is 0 Å². The molecule has 0 aromatic rings. The fourth-order valence-electron chi connectivity index (χ4n) is 3.88. The Labute approximate surface area is 131 Å². The van der Waals surface area contributed by atoms with E-state index in [0.29, 0.717) is 17.8 Å². The van der Waals surface area contributed by atoms with Crippen molar-refractivity contribution in [3.8, 4) is 0 Å². The van der Waals surface area contributed by atoms with Crippen LogP contribution < -0.4 is 5.32 Å². The first-order valence-electron chi connectivity index (χ1n) is 8.54. The van der Waals surface area contributed by atoms with Crippen molar-refractivity contribution in [3.63, 3.8) is 0 Å². The molecule has 1 saturated carbocycles. The summed E-state index contributed by atoms with van der Waals surface area (Å²) in [6.07, 6.45) is 5.77. The van der Waals surface area contributed by atoms with E-state index in [1.165, 1.54) is 25.7 Å². The zero-order chi connectivity index (χ0) is 16.3. The van der Waals surface area contributed by atoms with E-state index in [4.69, 9.17) is 4.74 Å². The molecule has 0 aromatic heterocycles. The Morgan fingerprint density at radius 1 is 1.24 bits per heavy atom. The first kappa shape index (κ1) is 18.5. The molecular formula is C18H35NO2. The number of carbonyl (C=O) groups is 1. The second kappa shape index (κ2) is 7.13. The molecule has 1 N–H and O–H groups in total. The monoisotopic (exact) mass is 297 g/mol. The number of rotatable bonds is 6. The predicted octanol–water partition coefficient (Wildman–Crippen LogP) is 4.16. The van der Waals surface area contributed by atoms with Crippen molar-refractivity contribution >= 4 is 5.97 Å². The summed E-state index contributed by atoms with van der Waals surface area (Å²) in [4.78, 5) is 12.7. The molecule has 3 unspecified atom stereocenters. The van der Waals surface area contributed by atoms with Crippen LogP contribution in [0, 0.1) is 17.8 Å². The SMILES string of the molecule is CNC(C)(CC(C)C)C(=O)OC(C)(C)C1CCCCC1C. The van der Waals surface area contributed by atoms with Gasteiger partial charge in [-0.25, -0.2) is 0 Å². The number of hydrogen-bond donors (Lipinski definition) is 1. The van der Waals surface area contributed by atoms with Crippen molar-refractivity contribution in [2.24, 2.45) is 17.8 Å². The van der Waals surface area contributed by atoms with Crippen LogP contribution in [0.4, 0.5) is 0 Å². The first-order chi connectivity index (χ1) is 9.62. The molecule has 3 atom stereocenters. The van der Waals surface area contributed by atoms with Gasteiger partial charge in [-0.2, -0.15) is 0 Å². The Morgan fingerprint density at radius 2 is 1.81 bits per heavy atom. The van der Waals surface area contributed by atoms with Gasteiger partial charge in [0.1, 0.15) is 11.1 Å². The molecule has 0 aromatic carbocycles. The lowest BCUT2D eigenvalue weighted by atomic mass is 9.72. The fourth-order valence-corrected chi connectivity index (χ4v) is 3.88. The molecule has 1 aliphatic carbocycles. The van der Waals surface area contributed by atoms with Gasteiger partial charge < -0.3 is 10.1 Å². The van der Waals surface area contributed by atoms with Crippen LogP contribution in [0.25, 0.3) is 0 Å². The Balaban J connectivity index is 2.78.